The van der Waals surface area contributed by atoms with E-state index in [-0.39, 0.29) is 0 Å². The van der Waals surface area contributed by atoms with Crippen LogP contribution in [0.2, 0.25) is 5.02 Å². The first-order valence-electron chi connectivity index (χ1n) is 4.11. The zero-order chi connectivity index (χ0) is 10.0. The van der Waals surface area contributed by atoms with Crippen LogP contribution in [0.4, 0.5) is 11.4 Å². The molecule has 3 nitrogen and oxygen atoms in total. The molecule has 0 saturated heterocycles. The van der Waals surface area contributed by atoms with Crippen LogP contribution in [0.3, 0.4) is 0 Å². The molecule has 0 atom stereocenters. The summed E-state index contributed by atoms with van der Waals surface area (Å²) in [5.74, 6) is 0. The van der Waals surface area contributed by atoms with Crippen molar-refractivity contribution in [2.24, 2.45) is 5.73 Å². The minimum atomic E-state index is 0.535. The van der Waals surface area contributed by atoms with Crippen molar-refractivity contribution in [2.45, 2.75) is 13.3 Å². The van der Waals surface area contributed by atoms with Crippen molar-refractivity contribution in [1.29, 1.82) is 0 Å². The molecule has 72 valence electrons. The van der Waals surface area contributed by atoms with Gasteiger partial charge in [0.2, 0.25) is 0 Å². The van der Waals surface area contributed by atoms with Crippen LogP contribution in [0.5, 0.6) is 0 Å². The van der Waals surface area contributed by atoms with Gasteiger partial charge in [0.25, 0.3) is 0 Å². The SMILES string of the molecule is Cc1c(N)cc(Cl)c(CCN)c1N. The van der Waals surface area contributed by atoms with E-state index in [0.29, 0.717) is 29.4 Å². The Hall–Kier alpha value is -0.930. The highest BCUT2D eigenvalue weighted by Gasteiger charge is 2.09. The molecule has 13 heavy (non-hydrogen) atoms. The molecule has 0 aliphatic rings. The standard InChI is InChI=1S/C9H14ClN3/c1-5-8(12)4-7(10)6(2-3-11)9(5)13/h4H,2-3,11-13H2,1H3. The van der Waals surface area contributed by atoms with Crippen LogP contribution in [0, 0.1) is 6.92 Å². The molecule has 4 heteroatoms. The Kier molecular flexibility index (Phi) is 3.01. The van der Waals surface area contributed by atoms with Gasteiger partial charge in [0.15, 0.2) is 0 Å². The largest absolute Gasteiger partial charge is 0.398 e. The van der Waals surface area contributed by atoms with E-state index in [4.69, 9.17) is 28.8 Å². The van der Waals surface area contributed by atoms with Gasteiger partial charge in [0, 0.05) is 16.4 Å². The first kappa shape index (κ1) is 10.2. The molecule has 1 aromatic rings. The normalized spacial score (nSPS) is 10.4. The Morgan fingerprint density at radius 2 is 2.00 bits per heavy atom. The van der Waals surface area contributed by atoms with Crippen molar-refractivity contribution in [1.82, 2.24) is 0 Å². The summed E-state index contributed by atoms with van der Waals surface area (Å²) in [6, 6.07) is 1.72. The van der Waals surface area contributed by atoms with Crippen LogP contribution in [0.1, 0.15) is 11.1 Å². The van der Waals surface area contributed by atoms with Crippen LogP contribution < -0.4 is 17.2 Å². The number of halogens is 1. The van der Waals surface area contributed by atoms with E-state index in [1.165, 1.54) is 0 Å². The Labute approximate surface area is 82.8 Å². The third-order valence-corrected chi connectivity index (χ3v) is 2.46. The lowest BCUT2D eigenvalue weighted by Crippen LogP contribution is -2.08. The molecule has 0 unspecified atom stereocenters. The molecule has 1 rings (SSSR count). The van der Waals surface area contributed by atoms with Crippen LogP contribution >= 0.6 is 11.6 Å². The highest BCUT2D eigenvalue weighted by atomic mass is 35.5. The maximum Gasteiger partial charge on any atom is 0.0479 e. The van der Waals surface area contributed by atoms with E-state index in [0.717, 1.165) is 11.1 Å². The molecule has 0 heterocycles. The fourth-order valence-corrected chi connectivity index (χ4v) is 1.55. The molecule has 0 bridgehead atoms. The Bertz CT molecular complexity index is 323. The zero-order valence-electron chi connectivity index (χ0n) is 7.60. The van der Waals surface area contributed by atoms with Gasteiger partial charge in [-0.15, -0.1) is 0 Å². The summed E-state index contributed by atoms with van der Waals surface area (Å²) >= 11 is 5.97. The molecule has 6 N–H and O–H groups in total. The first-order chi connectivity index (χ1) is 6.07. The lowest BCUT2D eigenvalue weighted by atomic mass is 10.0. The molecule has 0 aromatic heterocycles. The lowest BCUT2D eigenvalue weighted by molar-refractivity contribution is 0.970. The predicted molar refractivity (Wildman–Crippen MR) is 57.8 cm³/mol. The zero-order valence-corrected chi connectivity index (χ0v) is 8.36. The maximum absolute atomic E-state index is 5.97. The molecule has 0 spiro atoms. The number of nitrogen functional groups attached to an aromatic ring is 2. The van der Waals surface area contributed by atoms with Gasteiger partial charge in [0.1, 0.15) is 0 Å². The predicted octanol–water partition coefficient (Wildman–Crippen LogP) is 1.31. The molecule has 0 saturated carbocycles. The fraction of sp³-hybridized carbons (Fsp3) is 0.333. The van der Waals surface area contributed by atoms with Gasteiger partial charge in [-0.25, -0.2) is 0 Å². The average molecular weight is 200 g/mol. The second kappa shape index (κ2) is 3.85. The van der Waals surface area contributed by atoms with Crippen LogP contribution in [-0.4, -0.2) is 6.54 Å². The summed E-state index contributed by atoms with van der Waals surface area (Å²) in [6.45, 7) is 2.41. The average Bonchev–Trinajstić information content (AvgIpc) is 2.09. The topological polar surface area (TPSA) is 78.1 Å². The summed E-state index contributed by atoms with van der Waals surface area (Å²) in [6.07, 6.45) is 0.686. The smallest absolute Gasteiger partial charge is 0.0479 e. The molecule has 0 aliphatic carbocycles. The van der Waals surface area contributed by atoms with Crippen molar-refractivity contribution in [2.75, 3.05) is 18.0 Å². The summed E-state index contributed by atoms with van der Waals surface area (Å²) in [4.78, 5) is 0. The fourth-order valence-electron chi connectivity index (χ4n) is 1.24. The number of hydrogen-bond acceptors (Lipinski definition) is 3. The minimum Gasteiger partial charge on any atom is -0.398 e. The number of benzene rings is 1. The van der Waals surface area contributed by atoms with Gasteiger partial charge < -0.3 is 17.2 Å². The van der Waals surface area contributed by atoms with Crippen LogP contribution in [-0.2, 0) is 6.42 Å². The van der Waals surface area contributed by atoms with Gasteiger partial charge >= 0.3 is 0 Å². The third-order valence-electron chi connectivity index (χ3n) is 2.13. The van der Waals surface area contributed by atoms with Crippen molar-refractivity contribution in [3.63, 3.8) is 0 Å². The number of rotatable bonds is 2. The maximum atomic E-state index is 5.97. The van der Waals surface area contributed by atoms with Crippen molar-refractivity contribution >= 4 is 23.0 Å². The van der Waals surface area contributed by atoms with Gasteiger partial charge in [-0.05, 0) is 37.1 Å². The number of nitrogens with two attached hydrogens (primary N) is 3. The highest BCUT2D eigenvalue weighted by Crippen LogP contribution is 2.30. The Morgan fingerprint density at radius 3 is 2.54 bits per heavy atom. The highest BCUT2D eigenvalue weighted by molar-refractivity contribution is 6.32. The molecule has 0 radical (unpaired) electrons. The summed E-state index contributed by atoms with van der Waals surface area (Å²) in [5.41, 5.74) is 20.1. The molecule has 1 aromatic carbocycles. The second-order valence-electron chi connectivity index (χ2n) is 3.00. The molecule has 0 aliphatic heterocycles. The summed E-state index contributed by atoms with van der Waals surface area (Å²) < 4.78 is 0. The van der Waals surface area contributed by atoms with Gasteiger partial charge in [-0.1, -0.05) is 11.6 Å². The van der Waals surface area contributed by atoms with Gasteiger partial charge in [0.05, 0.1) is 0 Å². The molecule has 0 fully saturated rings. The van der Waals surface area contributed by atoms with Crippen molar-refractivity contribution in [3.05, 3.63) is 22.2 Å². The monoisotopic (exact) mass is 199 g/mol. The van der Waals surface area contributed by atoms with Gasteiger partial charge in [-0.2, -0.15) is 0 Å². The molecular weight excluding hydrogens is 186 g/mol. The molecule has 0 amide bonds. The summed E-state index contributed by atoms with van der Waals surface area (Å²) in [7, 11) is 0. The van der Waals surface area contributed by atoms with Crippen LogP contribution in [0.15, 0.2) is 6.07 Å². The quantitative estimate of drug-likeness (QED) is 0.629. The lowest BCUT2D eigenvalue weighted by Gasteiger charge is -2.12. The minimum absolute atomic E-state index is 0.535. The number of anilines is 2. The van der Waals surface area contributed by atoms with E-state index < -0.39 is 0 Å². The van der Waals surface area contributed by atoms with Crippen molar-refractivity contribution in [3.8, 4) is 0 Å². The molecular formula is C9H14ClN3. The van der Waals surface area contributed by atoms with E-state index >= 15 is 0 Å². The van der Waals surface area contributed by atoms with E-state index in [2.05, 4.69) is 0 Å². The summed E-state index contributed by atoms with van der Waals surface area (Å²) in [5, 5.41) is 0.603. The van der Waals surface area contributed by atoms with Crippen molar-refractivity contribution < 1.29 is 0 Å². The Morgan fingerprint density at radius 1 is 1.38 bits per heavy atom. The Balaban J connectivity index is 3.26. The van der Waals surface area contributed by atoms with Gasteiger partial charge in [-0.3, -0.25) is 0 Å². The van der Waals surface area contributed by atoms with E-state index in [1.54, 1.807) is 6.07 Å². The second-order valence-corrected chi connectivity index (χ2v) is 3.41. The van der Waals surface area contributed by atoms with E-state index in [9.17, 15) is 0 Å². The number of hydrogen-bond donors (Lipinski definition) is 3. The first-order valence-corrected chi connectivity index (χ1v) is 4.48. The van der Waals surface area contributed by atoms with E-state index in [1.807, 2.05) is 6.92 Å². The third kappa shape index (κ3) is 1.87. The van der Waals surface area contributed by atoms with Crippen LogP contribution in [0.25, 0.3) is 0 Å².